The Balaban J connectivity index is 2.19. The second-order valence-corrected chi connectivity index (χ2v) is 7.34. The van der Waals surface area contributed by atoms with Crippen molar-refractivity contribution in [1.29, 1.82) is 0 Å². The van der Waals surface area contributed by atoms with Gasteiger partial charge >= 0.3 is 7.60 Å². The summed E-state index contributed by atoms with van der Waals surface area (Å²) in [5.41, 5.74) is -1.13. The van der Waals surface area contributed by atoms with Crippen molar-refractivity contribution in [3.63, 3.8) is 0 Å². The van der Waals surface area contributed by atoms with Gasteiger partial charge in [0.2, 0.25) is 11.2 Å². The number of fused-ring (bicyclic) bond motifs is 1. The molecule has 0 aliphatic heterocycles. The first-order chi connectivity index (χ1) is 12.6. The van der Waals surface area contributed by atoms with Crippen LogP contribution in [0.3, 0.4) is 0 Å². The van der Waals surface area contributed by atoms with Crippen molar-refractivity contribution in [3.05, 3.63) is 40.6 Å². The van der Waals surface area contributed by atoms with Crippen LogP contribution in [-0.4, -0.2) is 32.0 Å². The van der Waals surface area contributed by atoms with E-state index in [1.807, 2.05) is 0 Å². The minimum absolute atomic E-state index is 0.0669. The quantitative estimate of drug-likeness (QED) is 0.191. The van der Waals surface area contributed by atoms with E-state index in [-0.39, 0.29) is 28.0 Å². The van der Waals surface area contributed by atoms with Crippen molar-refractivity contribution in [2.75, 3.05) is 6.66 Å². The van der Waals surface area contributed by atoms with Gasteiger partial charge in [0.15, 0.2) is 23.0 Å². The molecule has 1 heterocycles. The predicted molar refractivity (Wildman–Crippen MR) is 92.0 cm³/mol. The summed E-state index contributed by atoms with van der Waals surface area (Å²) in [5.74, 6) is -2.97. The maximum Gasteiger partial charge on any atom is 0.363 e. The average Bonchev–Trinajstić information content (AvgIpc) is 2.57. The van der Waals surface area contributed by atoms with Crippen LogP contribution < -0.4 is 10.3 Å². The number of aromatic hydroxyl groups is 4. The third-order valence-electron chi connectivity index (χ3n) is 3.43. The zero-order valence-corrected chi connectivity index (χ0v) is 14.5. The van der Waals surface area contributed by atoms with Crippen LogP contribution >= 0.6 is 7.60 Å². The first-order valence-corrected chi connectivity index (χ1v) is 9.31. The molecule has 10 nitrogen and oxygen atoms in total. The van der Waals surface area contributed by atoms with Crippen LogP contribution in [0.15, 0.2) is 39.5 Å². The molecule has 1 atom stereocenters. The zero-order chi connectivity index (χ0) is 19.9. The average molecular weight is 396 g/mol. The third kappa shape index (κ3) is 3.68. The number of hydrogen-bond donors (Lipinski definition) is 5. The van der Waals surface area contributed by atoms with Gasteiger partial charge in [-0.15, -0.1) is 4.67 Å². The summed E-state index contributed by atoms with van der Waals surface area (Å²) in [6.07, 6.45) is 0. The lowest BCUT2D eigenvalue weighted by atomic mass is 10.1. The minimum Gasteiger partial charge on any atom is -0.507 e. The van der Waals surface area contributed by atoms with Gasteiger partial charge in [-0.1, -0.05) is 0 Å². The first-order valence-electron chi connectivity index (χ1n) is 7.28. The Morgan fingerprint density at radius 1 is 1.00 bits per heavy atom. The van der Waals surface area contributed by atoms with Crippen LogP contribution in [0.25, 0.3) is 22.3 Å². The minimum atomic E-state index is -3.98. The van der Waals surface area contributed by atoms with Gasteiger partial charge < -0.3 is 34.6 Å². The fraction of sp³-hybridized carbons (Fsp3) is 0.0625. The molecule has 142 valence electrons. The van der Waals surface area contributed by atoms with E-state index in [0.717, 1.165) is 30.9 Å². The fourth-order valence-corrected chi connectivity index (χ4v) is 2.51. The van der Waals surface area contributed by atoms with Gasteiger partial charge in [0.05, 0.1) is 0 Å². The molecule has 0 aliphatic rings. The molecule has 0 saturated heterocycles. The second-order valence-electron chi connectivity index (χ2n) is 5.59. The SMILES string of the molecule is CP(=O)(O)OOc1cc(O)c2c(=O)c(O)c(-c3ccc(O)c(O)c3)oc2c1. The third-order valence-corrected chi connectivity index (χ3v) is 3.78. The fourth-order valence-electron chi connectivity index (χ4n) is 2.29. The second kappa shape index (κ2) is 6.51. The lowest BCUT2D eigenvalue weighted by Crippen LogP contribution is -2.03. The summed E-state index contributed by atoms with van der Waals surface area (Å²) >= 11 is 0. The van der Waals surface area contributed by atoms with Crippen LogP contribution in [0.1, 0.15) is 0 Å². The molecule has 3 aromatic rings. The van der Waals surface area contributed by atoms with Gasteiger partial charge in [0.25, 0.3) is 0 Å². The predicted octanol–water partition coefficient (Wildman–Crippen LogP) is 2.41. The van der Waals surface area contributed by atoms with E-state index in [0.29, 0.717) is 0 Å². The lowest BCUT2D eigenvalue weighted by molar-refractivity contribution is -0.107. The monoisotopic (exact) mass is 396 g/mol. The molecule has 5 N–H and O–H groups in total. The smallest absolute Gasteiger partial charge is 0.363 e. The van der Waals surface area contributed by atoms with Gasteiger partial charge in [-0.05, 0) is 18.2 Å². The molecule has 2 aromatic carbocycles. The summed E-state index contributed by atoms with van der Waals surface area (Å²) in [6, 6.07) is 5.48. The molecule has 0 fully saturated rings. The number of hydrogen-bond acceptors (Lipinski definition) is 9. The molecule has 0 saturated carbocycles. The van der Waals surface area contributed by atoms with Gasteiger partial charge in [0, 0.05) is 24.4 Å². The highest BCUT2D eigenvalue weighted by atomic mass is 31.2. The highest BCUT2D eigenvalue weighted by molar-refractivity contribution is 7.51. The molecule has 0 bridgehead atoms. The molecule has 0 amide bonds. The van der Waals surface area contributed by atoms with Crippen molar-refractivity contribution >= 4 is 18.6 Å². The van der Waals surface area contributed by atoms with Gasteiger partial charge in [0.1, 0.15) is 16.7 Å². The van der Waals surface area contributed by atoms with Gasteiger partial charge in [-0.25, -0.2) is 0 Å². The summed E-state index contributed by atoms with van der Waals surface area (Å²) in [7, 11) is -3.98. The largest absolute Gasteiger partial charge is 0.507 e. The van der Waals surface area contributed by atoms with Crippen molar-refractivity contribution in [2.24, 2.45) is 0 Å². The van der Waals surface area contributed by atoms with Crippen LogP contribution in [-0.2, 0) is 9.24 Å². The first kappa shape index (κ1) is 18.6. The molecule has 0 aliphatic carbocycles. The van der Waals surface area contributed by atoms with Crippen LogP contribution in [0, 0.1) is 0 Å². The Kier molecular flexibility index (Phi) is 4.48. The van der Waals surface area contributed by atoms with Gasteiger partial charge in [-0.3, -0.25) is 9.36 Å². The zero-order valence-electron chi connectivity index (χ0n) is 13.6. The van der Waals surface area contributed by atoms with E-state index in [2.05, 4.69) is 9.56 Å². The Bertz CT molecular complexity index is 1140. The highest BCUT2D eigenvalue weighted by Crippen LogP contribution is 2.40. The van der Waals surface area contributed by atoms with Gasteiger partial charge in [-0.2, -0.15) is 0 Å². The molecular formula is C16H13O10P. The van der Waals surface area contributed by atoms with E-state index in [9.17, 15) is 29.8 Å². The van der Waals surface area contributed by atoms with Crippen molar-refractivity contribution in [3.8, 4) is 40.1 Å². The molecular weight excluding hydrogens is 383 g/mol. The topological polar surface area (TPSA) is 167 Å². The van der Waals surface area contributed by atoms with Crippen molar-refractivity contribution in [1.82, 2.24) is 0 Å². The standard InChI is InChI=1S/C16H13O10P/c1-27(22,23)26-25-8-5-11(19)13-12(6-8)24-16(15(21)14(13)20)7-2-3-9(17)10(18)4-7/h2-6,17-19,21H,1H3,(H,22,23). The van der Waals surface area contributed by atoms with Crippen molar-refractivity contribution < 1.29 is 43.9 Å². The molecule has 27 heavy (non-hydrogen) atoms. The Hall–Kier alpha value is -3.20. The highest BCUT2D eigenvalue weighted by Gasteiger charge is 2.21. The van der Waals surface area contributed by atoms with E-state index < -0.39 is 36.0 Å². The van der Waals surface area contributed by atoms with Crippen LogP contribution in [0.4, 0.5) is 0 Å². The summed E-state index contributed by atoms with van der Waals surface area (Å²) in [5, 5.41) is 38.7. The number of phenols is 3. The number of rotatable bonds is 4. The van der Waals surface area contributed by atoms with E-state index in [1.165, 1.54) is 6.07 Å². The normalized spacial score (nSPS) is 13.4. The maximum absolute atomic E-state index is 12.4. The van der Waals surface area contributed by atoms with E-state index >= 15 is 0 Å². The molecule has 11 heteroatoms. The Morgan fingerprint density at radius 3 is 2.33 bits per heavy atom. The maximum atomic E-state index is 12.4. The number of phenolic OH excluding ortho intramolecular Hbond substituents is 3. The van der Waals surface area contributed by atoms with Crippen LogP contribution in [0.2, 0.25) is 0 Å². The molecule has 1 aromatic heterocycles. The molecule has 0 radical (unpaired) electrons. The van der Waals surface area contributed by atoms with E-state index in [1.54, 1.807) is 0 Å². The number of benzene rings is 2. The summed E-state index contributed by atoms with van der Waals surface area (Å²) in [6.45, 7) is 0.876. The Morgan fingerprint density at radius 2 is 1.70 bits per heavy atom. The van der Waals surface area contributed by atoms with Crippen LogP contribution in [0.5, 0.6) is 28.7 Å². The molecule has 3 rings (SSSR count). The summed E-state index contributed by atoms with van der Waals surface area (Å²) < 4.78 is 20.9. The molecule has 1 unspecified atom stereocenters. The van der Waals surface area contributed by atoms with Crippen molar-refractivity contribution in [2.45, 2.75) is 0 Å². The van der Waals surface area contributed by atoms with E-state index in [4.69, 9.17) is 9.31 Å². The Labute approximate surface area is 150 Å². The molecule has 0 spiro atoms. The summed E-state index contributed by atoms with van der Waals surface area (Å²) in [4.78, 5) is 26.1. The lowest BCUT2D eigenvalue weighted by Gasteiger charge is -2.10.